The Bertz CT molecular complexity index is 1190. The molecule has 7 heteroatoms. The van der Waals surface area contributed by atoms with E-state index >= 15 is 0 Å². The first kappa shape index (κ1) is 16.0. The number of aryl methyl sites for hydroxylation is 1. The Balaban J connectivity index is 1.85. The molecule has 0 aliphatic heterocycles. The van der Waals surface area contributed by atoms with E-state index < -0.39 is 0 Å². The summed E-state index contributed by atoms with van der Waals surface area (Å²) in [6.07, 6.45) is 1.47. The molecule has 0 N–H and O–H groups in total. The van der Waals surface area contributed by atoms with Crippen molar-refractivity contribution in [3.8, 4) is 0 Å². The van der Waals surface area contributed by atoms with E-state index in [2.05, 4.69) is 15.0 Å². The molecule has 0 aliphatic rings. The monoisotopic (exact) mass is 370 g/mol. The van der Waals surface area contributed by atoms with Crippen molar-refractivity contribution < 1.29 is 0 Å². The van der Waals surface area contributed by atoms with Crippen LogP contribution in [0.15, 0.2) is 47.5 Å². The van der Waals surface area contributed by atoms with Crippen LogP contribution < -0.4 is 5.56 Å². The summed E-state index contributed by atoms with van der Waals surface area (Å²) in [6, 6.07) is 10.8. The minimum absolute atomic E-state index is 0.219. The Morgan fingerprint density at radius 2 is 1.80 bits per heavy atom. The Kier molecular flexibility index (Phi) is 3.90. The highest BCUT2D eigenvalue weighted by atomic mass is 35.5. The highest BCUT2D eigenvalue weighted by Gasteiger charge is 2.11. The van der Waals surface area contributed by atoms with E-state index in [0.29, 0.717) is 20.9 Å². The van der Waals surface area contributed by atoms with Crippen LogP contribution in [-0.4, -0.2) is 19.5 Å². The number of para-hydroxylation sites is 2. The minimum Gasteiger partial charge on any atom is -0.293 e. The van der Waals surface area contributed by atoms with Gasteiger partial charge in [-0.2, -0.15) is 0 Å². The summed E-state index contributed by atoms with van der Waals surface area (Å²) >= 11 is 12.1. The maximum absolute atomic E-state index is 12.8. The molecule has 0 unspecified atom stereocenters. The third-order valence-corrected chi connectivity index (χ3v) is 4.52. The second kappa shape index (κ2) is 6.10. The van der Waals surface area contributed by atoms with Gasteiger partial charge in [0.2, 0.25) is 0 Å². The van der Waals surface area contributed by atoms with Crippen LogP contribution in [0.4, 0.5) is 0 Å². The van der Waals surface area contributed by atoms with Crippen molar-refractivity contribution in [2.75, 3.05) is 0 Å². The van der Waals surface area contributed by atoms with Crippen molar-refractivity contribution in [1.29, 1.82) is 0 Å². The van der Waals surface area contributed by atoms with Gasteiger partial charge in [-0.05, 0) is 31.2 Å². The molecule has 0 bridgehead atoms. The fourth-order valence-electron chi connectivity index (χ4n) is 2.74. The van der Waals surface area contributed by atoms with E-state index in [0.717, 1.165) is 22.4 Å². The topological polar surface area (TPSA) is 60.7 Å². The molecular weight excluding hydrogens is 359 g/mol. The third-order valence-electron chi connectivity index (χ3n) is 4.01. The molecular formula is C18H12Cl2N4O. The molecule has 0 amide bonds. The summed E-state index contributed by atoms with van der Waals surface area (Å²) in [5.41, 5.74) is 3.32. The molecule has 124 valence electrons. The lowest BCUT2D eigenvalue weighted by Gasteiger charge is -2.10. The van der Waals surface area contributed by atoms with Gasteiger partial charge in [-0.15, -0.1) is 0 Å². The van der Waals surface area contributed by atoms with Crippen molar-refractivity contribution in [2.24, 2.45) is 0 Å². The van der Waals surface area contributed by atoms with Gasteiger partial charge in [0.15, 0.2) is 0 Å². The van der Waals surface area contributed by atoms with E-state index in [-0.39, 0.29) is 12.1 Å². The summed E-state index contributed by atoms with van der Waals surface area (Å²) in [6.45, 7) is 2.15. The molecule has 4 aromatic rings. The van der Waals surface area contributed by atoms with Crippen LogP contribution in [0.2, 0.25) is 10.0 Å². The van der Waals surface area contributed by atoms with Crippen LogP contribution >= 0.6 is 23.2 Å². The van der Waals surface area contributed by atoms with Crippen LogP contribution in [0.5, 0.6) is 0 Å². The Hall–Kier alpha value is -2.50. The van der Waals surface area contributed by atoms with Crippen molar-refractivity contribution >= 4 is 45.1 Å². The van der Waals surface area contributed by atoms with Crippen molar-refractivity contribution in [3.63, 3.8) is 0 Å². The highest BCUT2D eigenvalue weighted by molar-refractivity contribution is 6.38. The van der Waals surface area contributed by atoms with Crippen molar-refractivity contribution in [3.05, 3.63) is 74.5 Å². The predicted molar refractivity (Wildman–Crippen MR) is 99.4 cm³/mol. The van der Waals surface area contributed by atoms with E-state index in [4.69, 9.17) is 23.2 Å². The van der Waals surface area contributed by atoms with Gasteiger partial charge in [-0.1, -0.05) is 35.3 Å². The van der Waals surface area contributed by atoms with Crippen molar-refractivity contribution in [2.45, 2.75) is 13.5 Å². The molecule has 4 rings (SSSR count). The fourth-order valence-corrected chi connectivity index (χ4v) is 3.29. The molecule has 2 aromatic carbocycles. The van der Waals surface area contributed by atoms with Gasteiger partial charge in [0, 0.05) is 5.02 Å². The summed E-state index contributed by atoms with van der Waals surface area (Å²) < 4.78 is 1.49. The fraction of sp³-hybridized carbons (Fsp3) is 0.111. The number of nitrogens with zero attached hydrogens (tertiary/aromatic N) is 4. The summed E-state index contributed by atoms with van der Waals surface area (Å²) in [5, 5.41) is 1.13. The number of rotatable bonds is 2. The molecule has 5 nitrogen and oxygen atoms in total. The smallest absolute Gasteiger partial charge is 0.261 e. The quantitative estimate of drug-likeness (QED) is 0.534. The molecule has 0 radical (unpaired) electrons. The van der Waals surface area contributed by atoms with Gasteiger partial charge in [0.05, 0.1) is 51.2 Å². The zero-order valence-corrected chi connectivity index (χ0v) is 14.7. The number of hydrogen-bond acceptors (Lipinski definition) is 4. The molecule has 0 saturated heterocycles. The zero-order valence-electron chi connectivity index (χ0n) is 13.2. The number of hydrogen-bond donors (Lipinski definition) is 0. The summed E-state index contributed by atoms with van der Waals surface area (Å²) in [7, 11) is 0. The van der Waals surface area contributed by atoms with Gasteiger partial charge in [0.1, 0.15) is 0 Å². The van der Waals surface area contributed by atoms with Gasteiger partial charge in [-0.3, -0.25) is 9.36 Å². The molecule has 2 heterocycles. The number of halogens is 2. The van der Waals surface area contributed by atoms with Gasteiger partial charge >= 0.3 is 0 Å². The highest BCUT2D eigenvalue weighted by Crippen LogP contribution is 2.24. The van der Waals surface area contributed by atoms with Crippen LogP contribution in [-0.2, 0) is 6.54 Å². The average molecular weight is 371 g/mol. The first-order valence-electron chi connectivity index (χ1n) is 7.59. The van der Waals surface area contributed by atoms with E-state index in [9.17, 15) is 4.79 Å². The maximum Gasteiger partial charge on any atom is 0.261 e. The molecule has 25 heavy (non-hydrogen) atoms. The van der Waals surface area contributed by atoms with Crippen LogP contribution in [0.3, 0.4) is 0 Å². The Morgan fingerprint density at radius 3 is 2.56 bits per heavy atom. The minimum atomic E-state index is -0.219. The SMILES string of the molecule is Cc1nc2ccccc2nc1Cn1cnc2c(Cl)cc(Cl)cc2c1=O. The average Bonchev–Trinajstić information content (AvgIpc) is 2.58. The van der Waals surface area contributed by atoms with E-state index in [1.165, 1.54) is 10.9 Å². The lowest BCUT2D eigenvalue weighted by molar-refractivity contribution is 0.723. The predicted octanol–water partition coefficient (Wildman–Crippen LogP) is 4.00. The molecule has 0 aliphatic carbocycles. The van der Waals surface area contributed by atoms with Gasteiger partial charge in [-0.25, -0.2) is 15.0 Å². The normalized spacial score (nSPS) is 11.3. The first-order chi connectivity index (χ1) is 12.0. The number of benzene rings is 2. The molecule has 0 spiro atoms. The second-order valence-electron chi connectivity index (χ2n) is 5.71. The standard InChI is InChI=1S/C18H12Cl2N4O/c1-10-16(23-15-5-3-2-4-14(15)22-10)8-24-9-21-17-12(18(24)25)6-11(19)7-13(17)20/h2-7,9H,8H2,1H3. The molecule has 2 aromatic heterocycles. The molecule has 0 atom stereocenters. The van der Waals surface area contributed by atoms with Crippen molar-refractivity contribution in [1.82, 2.24) is 19.5 Å². The van der Waals surface area contributed by atoms with Gasteiger partial charge in [0.25, 0.3) is 5.56 Å². The van der Waals surface area contributed by atoms with E-state index in [1.807, 2.05) is 31.2 Å². The molecule has 0 saturated carbocycles. The summed E-state index contributed by atoms with van der Waals surface area (Å²) in [4.78, 5) is 26.2. The molecule has 0 fully saturated rings. The first-order valence-corrected chi connectivity index (χ1v) is 8.35. The largest absolute Gasteiger partial charge is 0.293 e. The zero-order chi connectivity index (χ0) is 17.6. The number of aromatic nitrogens is 4. The van der Waals surface area contributed by atoms with Gasteiger partial charge < -0.3 is 0 Å². The third kappa shape index (κ3) is 2.86. The van der Waals surface area contributed by atoms with Crippen LogP contribution in [0.1, 0.15) is 11.4 Å². The maximum atomic E-state index is 12.8. The Labute approximate surface area is 152 Å². The van der Waals surface area contributed by atoms with E-state index in [1.54, 1.807) is 12.1 Å². The number of fused-ring (bicyclic) bond motifs is 2. The second-order valence-corrected chi connectivity index (χ2v) is 6.55. The van der Waals surface area contributed by atoms with Crippen LogP contribution in [0, 0.1) is 6.92 Å². The lowest BCUT2D eigenvalue weighted by Crippen LogP contribution is -2.22. The summed E-state index contributed by atoms with van der Waals surface area (Å²) in [5.74, 6) is 0. The Morgan fingerprint density at radius 1 is 1.08 bits per heavy atom. The van der Waals surface area contributed by atoms with Crippen LogP contribution in [0.25, 0.3) is 21.9 Å². The lowest BCUT2D eigenvalue weighted by atomic mass is 10.2.